The van der Waals surface area contributed by atoms with Crippen molar-refractivity contribution in [1.82, 2.24) is 19.8 Å². The number of hydrogen-bond acceptors (Lipinski definition) is 4. The molecule has 0 atom stereocenters. The first-order valence-corrected chi connectivity index (χ1v) is 12.8. The van der Waals surface area contributed by atoms with Crippen LogP contribution < -0.4 is 10.1 Å². The number of aromatic nitrogens is 2. The van der Waals surface area contributed by atoms with E-state index in [9.17, 15) is 18.0 Å². The van der Waals surface area contributed by atoms with Gasteiger partial charge in [0.2, 0.25) is 0 Å². The van der Waals surface area contributed by atoms with E-state index in [4.69, 9.17) is 11.6 Å². The number of benzene rings is 2. The summed E-state index contributed by atoms with van der Waals surface area (Å²) in [6.07, 6.45) is 1.47. The number of aryl methyl sites for hydroxylation is 1. The lowest BCUT2D eigenvalue weighted by atomic mass is 10.0. The molecule has 0 unspecified atom stereocenters. The third-order valence-corrected chi connectivity index (χ3v) is 6.81. The molecule has 1 N–H and O–H groups in total. The monoisotopic (exact) mass is 554 g/mol. The Morgan fingerprint density at radius 2 is 1.95 bits per heavy atom. The van der Waals surface area contributed by atoms with Crippen LogP contribution in [0.4, 0.5) is 18.0 Å². The number of carbonyl (C=O) groups is 1. The van der Waals surface area contributed by atoms with Gasteiger partial charge in [0.25, 0.3) is 0 Å². The van der Waals surface area contributed by atoms with Gasteiger partial charge < -0.3 is 10.1 Å². The number of carbonyl (C=O) groups excluding carboxylic acids is 1. The normalized spacial score (nSPS) is 14.1. The molecule has 10 heteroatoms. The summed E-state index contributed by atoms with van der Waals surface area (Å²) in [4.78, 5) is 19.6. The van der Waals surface area contributed by atoms with E-state index >= 15 is 0 Å². The van der Waals surface area contributed by atoms with Crippen molar-refractivity contribution >= 4 is 34.6 Å². The van der Waals surface area contributed by atoms with E-state index in [-0.39, 0.29) is 11.8 Å². The summed E-state index contributed by atoms with van der Waals surface area (Å²) in [6.45, 7) is 4.47. The highest BCUT2D eigenvalue weighted by Gasteiger charge is 2.31. The largest absolute Gasteiger partial charge is 0.573 e. The van der Waals surface area contributed by atoms with Gasteiger partial charge in [-0.05, 0) is 60.0 Å². The predicted octanol–water partition coefficient (Wildman–Crippen LogP) is 6.73. The number of alkyl halides is 3. The summed E-state index contributed by atoms with van der Waals surface area (Å²) in [5, 5.41) is 4.44. The molecule has 0 bridgehead atoms. The lowest BCUT2D eigenvalue weighted by Crippen LogP contribution is -2.34. The molecule has 2 aromatic carbocycles. The maximum atomic E-state index is 13.4. The minimum atomic E-state index is -4.71. The van der Waals surface area contributed by atoms with Gasteiger partial charge in [-0.25, -0.2) is 9.78 Å². The lowest BCUT2D eigenvalue weighted by Gasteiger charge is -2.27. The average Bonchev–Trinajstić information content (AvgIpc) is 3.20. The summed E-state index contributed by atoms with van der Waals surface area (Å²) in [7, 11) is 0. The van der Waals surface area contributed by atoms with Crippen molar-refractivity contribution in [3.8, 4) is 5.75 Å². The van der Waals surface area contributed by atoms with Crippen LogP contribution in [-0.2, 0) is 19.5 Å². The van der Waals surface area contributed by atoms with Crippen LogP contribution in [-0.4, -0.2) is 39.9 Å². The zero-order valence-electron chi connectivity index (χ0n) is 21.1. The van der Waals surface area contributed by atoms with Crippen molar-refractivity contribution in [2.75, 3.05) is 13.1 Å². The molecule has 0 fully saturated rings. The van der Waals surface area contributed by atoms with Gasteiger partial charge in [0.05, 0.1) is 5.52 Å². The van der Waals surface area contributed by atoms with Gasteiger partial charge in [-0.1, -0.05) is 47.5 Å². The Hall–Kier alpha value is -3.82. The number of ether oxygens (including phenoxy) is 1. The van der Waals surface area contributed by atoms with Crippen LogP contribution in [0.2, 0.25) is 5.15 Å². The zero-order chi connectivity index (χ0) is 27.6. The van der Waals surface area contributed by atoms with Crippen molar-refractivity contribution in [2.24, 2.45) is 0 Å². The van der Waals surface area contributed by atoms with Crippen molar-refractivity contribution in [2.45, 2.75) is 32.8 Å². The Morgan fingerprint density at radius 1 is 1.15 bits per heavy atom. The van der Waals surface area contributed by atoms with Gasteiger partial charge in [0.15, 0.2) is 0 Å². The summed E-state index contributed by atoms with van der Waals surface area (Å²) in [6, 6.07) is 15.2. The number of nitrogens with one attached hydrogen (secondary N) is 1. The van der Waals surface area contributed by atoms with Gasteiger partial charge in [-0.3, -0.25) is 9.47 Å². The standard InChI is InChI=1S/C29H26ClF3N4O2/c1-19-4-9-25-23(15-19)24-18-36(13-2-3-20-5-7-22(8-6-20)39-29(31,32)33)14-11-26(24)37(25)28(38)35-17-21-10-12-34-27(30)16-21/h2-10,12,15-16H,11,13-14,17-18H2,1H3,(H,35,38). The van der Waals surface area contributed by atoms with E-state index in [1.54, 1.807) is 29.0 Å². The molecule has 2 aromatic heterocycles. The second-order valence-electron chi connectivity index (χ2n) is 9.43. The van der Waals surface area contributed by atoms with Crippen molar-refractivity contribution in [3.63, 3.8) is 0 Å². The fraction of sp³-hybridized carbons (Fsp3) is 0.241. The molecule has 5 rings (SSSR count). The average molecular weight is 555 g/mol. The van der Waals surface area contributed by atoms with Crippen LogP contribution >= 0.6 is 11.6 Å². The second-order valence-corrected chi connectivity index (χ2v) is 9.82. The molecule has 1 aliphatic rings. The van der Waals surface area contributed by atoms with Gasteiger partial charge in [0, 0.05) is 49.9 Å². The molecule has 1 amide bonds. The number of amides is 1. The van der Waals surface area contributed by atoms with Gasteiger partial charge in [-0.15, -0.1) is 13.2 Å². The molecule has 3 heterocycles. The van der Waals surface area contributed by atoms with E-state index in [1.807, 2.05) is 37.3 Å². The summed E-state index contributed by atoms with van der Waals surface area (Å²) < 4.78 is 42.8. The molecule has 4 aromatic rings. The van der Waals surface area contributed by atoms with Crippen LogP contribution in [0, 0.1) is 6.92 Å². The minimum Gasteiger partial charge on any atom is -0.406 e. The van der Waals surface area contributed by atoms with E-state index < -0.39 is 6.36 Å². The van der Waals surface area contributed by atoms with Crippen molar-refractivity contribution in [1.29, 1.82) is 0 Å². The topological polar surface area (TPSA) is 59.4 Å². The number of nitrogens with zero attached hydrogens (tertiary/aromatic N) is 3. The van der Waals surface area contributed by atoms with E-state index in [0.29, 0.717) is 31.2 Å². The summed E-state index contributed by atoms with van der Waals surface area (Å²) >= 11 is 5.98. The Labute approximate surface area is 228 Å². The molecule has 0 saturated carbocycles. The highest BCUT2D eigenvalue weighted by Crippen LogP contribution is 2.32. The van der Waals surface area contributed by atoms with E-state index in [2.05, 4.69) is 26.0 Å². The van der Waals surface area contributed by atoms with Crippen molar-refractivity contribution in [3.05, 3.63) is 100.0 Å². The SMILES string of the molecule is Cc1ccc2c(c1)c1c(n2C(=O)NCc2ccnc(Cl)c2)CCN(CC=Cc2ccc(OC(F)(F)F)cc2)C1. The van der Waals surface area contributed by atoms with Gasteiger partial charge in [0.1, 0.15) is 10.9 Å². The number of halogens is 4. The minimum absolute atomic E-state index is 0.190. The molecule has 202 valence electrons. The van der Waals surface area contributed by atoms with Crippen LogP contribution in [0.15, 0.2) is 66.9 Å². The fourth-order valence-corrected chi connectivity index (χ4v) is 5.04. The number of pyridine rings is 1. The molecular formula is C29H26ClF3N4O2. The molecule has 6 nitrogen and oxygen atoms in total. The van der Waals surface area contributed by atoms with E-state index in [0.717, 1.165) is 45.4 Å². The Morgan fingerprint density at radius 3 is 2.69 bits per heavy atom. The quantitative estimate of drug-likeness (QED) is 0.269. The summed E-state index contributed by atoms with van der Waals surface area (Å²) in [5.74, 6) is -0.247. The smallest absolute Gasteiger partial charge is 0.406 e. The Balaban J connectivity index is 1.30. The molecular weight excluding hydrogens is 529 g/mol. The van der Waals surface area contributed by atoms with Crippen LogP contribution in [0.25, 0.3) is 17.0 Å². The molecule has 0 saturated heterocycles. The fourth-order valence-electron chi connectivity index (χ4n) is 4.84. The molecule has 0 radical (unpaired) electrons. The van der Waals surface area contributed by atoms with Crippen LogP contribution in [0.1, 0.15) is 27.9 Å². The third kappa shape index (κ3) is 6.43. The van der Waals surface area contributed by atoms with Crippen LogP contribution in [0.3, 0.4) is 0 Å². The van der Waals surface area contributed by atoms with Gasteiger partial charge in [-0.2, -0.15) is 0 Å². The lowest BCUT2D eigenvalue weighted by molar-refractivity contribution is -0.274. The maximum Gasteiger partial charge on any atom is 0.573 e. The van der Waals surface area contributed by atoms with Crippen LogP contribution in [0.5, 0.6) is 5.75 Å². The molecule has 39 heavy (non-hydrogen) atoms. The summed E-state index contributed by atoms with van der Waals surface area (Å²) in [5.41, 5.74) is 5.76. The van der Waals surface area contributed by atoms with Crippen molar-refractivity contribution < 1.29 is 22.7 Å². The zero-order valence-corrected chi connectivity index (χ0v) is 21.9. The first kappa shape index (κ1) is 26.8. The number of rotatable bonds is 6. The second kappa shape index (κ2) is 11.1. The van der Waals surface area contributed by atoms with E-state index in [1.165, 1.54) is 12.1 Å². The number of hydrogen-bond donors (Lipinski definition) is 1. The highest BCUT2D eigenvalue weighted by atomic mass is 35.5. The molecule has 1 aliphatic heterocycles. The maximum absolute atomic E-state index is 13.4. The first-order valence-electron chi connectivity index (χ1n) is 12.4. The predicted molar refractivity (Wildman–Crippen MR) is 145 cm³/mol. The first-order chi connectivity index (χ1) is 18.7. The third-order valence-electron chi connectivity index (χ3n) is 6.61. The highest BCUT2D eigenvalue weighted by molar-refractivity contribution is 6.29. The Bertz CT molecular complexity index is 1530. The number of fused-ring (bicyclic) bond motifs is 3. The molecule has 0 spiro atoms. The Kier molecular flexibility index (Phi) is 7.63. The molecule has 0 aliphatic carbocycles. The van der Waals surface area contributed by atoms with Gasteiger partial charge >= 0.3 is 12.4 Å².